The number of aromatic carboxylic acids is 1. The maximum atomic E-state index is 11.9. The Hall–Kier alpha value is -2.64. The molecule has 2 rings (SSSR count). The standard InChI is InChI=1S/C13H17N5O3/c1-3-18-9(2)11(8-14-18)15-12(19)5-7-17-6-4-10(16-17)13(20)21/h4,6,8H,3,5,7H2,1-2H3,(H,15,19)(H,20,21). The van der Waals surface area contributed by atoms with E-state index >= 15 is 0 Å². The second-order valence-electron chi connectivity index (χ2n) is 4.53. The van der Waals surface area contributed by atoms with Crippen molar-refractivity contribution in [3.05, 3.63) is 29.8 Å². The molecule has 0 aliphatic heterocycles. The van der Waals surface area contributed by atoms with Crippen LogP contribution in [0.4, 0.5) is 5.69 Å². The van der Waals surface area contributed by atoms with Crippen LogP contribution >= 0.6 is 0 Å². The summed E-state index contributed by atoms with van der Waals surface area (Å²) in [4.78, 5) is 22.6. The highest BCUT2D eigenvalue weighted by molar-refractivity contribution is 5.91. The SMILES string of the molecule is CCn1ncc(NC(=O)CCn2ccc(C(=O)O)n2)c1C. The molecule has 112 valence electrons. The van der Waals surface area contributed by atoms with Crippen molar-refractivity contribution >= 4 is 17.6 Å². The largest absolute Gasteiger partial charge is 0.476 e. The second kappa shape index (κ2) is 6.21. The highest BCUT2D eigenvalue weighted by atomic mass is 16.4. The molecule has 2 aromatic rings. The molecule has 2 aromatic heterocycles. The van der Waals surface area contributed by atoms with Crippen LogP contribution in [0.3, 0.4) is 0 Å². The summed E-state index contributed by atoms with van der Waals surface area (Å²) in [6, 6.07) is 1.40. The van der Waals surface area contributed by atoms with Crippen molar-refractivity contribution in [2.24, 2.45) is 0 Å². The number of carbonyl (C=O) groups excluding carboxylic acids is 1. The number of carboxylic acids is 1. The van der Waals surface area contributed by atoms with Gasteiger partial charge >= 0.3 is 5.97 Å². The fourth-order valence-corrected chi connectivity index (χ4v) is 1.92. The maximum Gasteiger partial charge on any atom is 0.356 e. The molecule has 0 aliphatic rings. The lowest BCUT2D eigenvalue weighted by Crippen LogP contribution is -2.15. The lowest BCUT2D eigenvalue weighted by molar-refractivity contribution is -0.116. The first-order valence-electron chi connectivity index (χ1n) is 6.60. The fraction of sp³-hybridized carbons (Fsp3) is 0.385. The Kier molecular flexibility index (Phi) is 4.36. The van der Waals surface area contributed by atoms with Crippen LogP contribution in [0.25, 0.3) is 0 Å². The number of nitrogens with zero attached hydrogens (tertiary/aromatic N) is 4. The Bertz CT molecular complexity index is 659. The third-order valence-corrected chi connectivity index (χ3v) is 3.10. The number of carbonyl (C=O) groups is 2. The molecule has 0 spiro atoms. The molecule has 1 amide bonds. The van der Waals surface area contributed by atoms with Crippen molar-refractivity contribution in [3.8, 4) is 0 Å². The van der Waals surface area contributed by atoms with E-state index < -0.39 is 5.97 Å². The van der Waals surface area contributed by atoms with Crippen LogP contribution in [0.1, 0.15) is 29.5 Å². The van der Waals surface area contributed by atoms with Gasteiger partial charge in [0.05, 0.1) is 17.6 Å². The summed E-state index contributed by atoms with van der Waals surface area (Å²) in [5.41, 5.74) is 1.56. The van der Waals surface area contributed by atoms with Crippen LogP contribution in [0, 0.1) is 6.92 Å². The number of rotatable bonds is 6. The van der Waals surface area contributed by atoms with Crippen molar-refractivity contribution in [1.82, 2.24) is 19.6 Å². The summed E-state index contributed by atoms with van der Waals surface area (Å²) in [6.45, 7) is 4.93. The fourth-order valence-electron chi connectivity index (χ4n) is 1.92. The zero-order chi connectivity index (χ0) is 15.4. The molecule has 0 fully saturated rings. The van der Waals surface area contributed by atoms with Crippen LogP contribution in [0.15, 0.2) is 18.5 Å². The van der Waals surface area contributed by atoms with Gasteiger partial charge in [-0.1, -0.05) is 0 Å². The molecule has 0 bridgehead atoms. The monoisotopic (exact) mass is 291 g/mol. The first-order valence-corrected chi connectivity index (χ1v) is 6.60. The zero-order valence-corrected chi connectivity index (χ0v) is 11.9. The summed E-state index contributed by atoms with van der Waals surface area (Å²) in [7, 11) is 0. The van der Waals surface area contributed by atoms with Gasteiger partial charge in [0.1, 0.15) is 0 Å². The molecule has 21 heavy (non-hydrogen) atoms. The van der Waals surface area contributed by atoms with E-state index in [1.54, 1.807) is 10.9 Å². The van der Waals surface area contributed by atoms with Gasteiger partial charge in [-0.15, -0.1) is 0 Å². The number of hydrogen-bond acceptors (Lipinski definition) is 4. The third kappa shape index (κ3) is 3.47. The number of hydrogen-bond donors (Lipinski definition) is 2. The lowest BCUT2D eigenvalue weighted by atomic mass is 10.3. The average Bonchev–Trinajstić information content (AvgIpc) is 3.05. The minimum absolute atomic E-state index is 0.0320. The molecule has 0 radical (unpaired) electrons. The highest BCUT2D eigenvalue weighted by Crippen LogP contribution is 2.13. The summed E-state index contributed by atoms with van der Waals surface area (Å²) >= 11 is 0. The molecule has 8 heteroatoms. The Morgan fingerprint density at radius 2 is 2.19 bits per heavy atom. The van der Waals surface area contributed by atoms with Crippen molar-refractivity contribution < 1.29 is 14.7 Å². The number of aromatic nitrogens is 4. The van der Waals surface area contributed by atoms with E-state index in [2.05, 4.69) is 15.5 Å². The van der Waals surface area contributed by atoms with Crippen LogP contribution in [0.5, 0.6) is 0 Å². The van der Waals surface area contributed by atoms with Crippen LogP contribution in [0.2, 0.25) is 0 Å². The number of amides is 1. The number of aryl methyl sites for hydroxylation is 2. The Morgan fingerprint density at radius 3 is 2.76 bits per heavy atom. The number of carboxylic acid groups (broad SMARTS) is 1. The average molecular weight is 291 g/mol. The van der Waals surface area contributed by atoms with E-state index in [-0.39, 0.29) is 18.0 Å². The molecular formula is C13H17N5O3. The smallest absolute Gasteiger partial charge is 0.356 e. The van der Waals surface area contributed by atoms with Gasteiger partial charge in [0.25, 0.3) is 0 Å². The Morgan fingerprint density at radius 1 is 1.43 bits per heavy atom. The zero-order valence-electron chi connectivity index (χ0n) is 11.9. The third-order valence-electron chi connectivity index (χ3n) is 3.10. The van der Waals surface area contributed by atoms with Crippen molar-refractivity contribution in [3.63, 3.8) is 0 Å². The van der Waals surface area contributed by atoms with Gasteiger partial charge in [0, 0.05) is 25.7 Å². The molecule has 2 heterocycles. The van der Waals surface area contributed by atoms with Crippen LogP contribution in [-0.4, -0.2) is 36.5 Å². The first kappa shape index (κ1) is 14.8. The van der Waals surface area contributed by atoms with E-state index in [0.29, 0.717) is 12.2 Å². The van der Waals surface area contributed by atoms with Gasteiger partial charge in [-0.05, 0) is 19.9 Å². The molecule has 8 nitrogen and oxygen atoms in total. The van der Waals surface area contributed by atoms with E-state index in [4.69, 9.17) is 5.11 Å². The van der Waals surface area contributed by atoms with Gasteiger partial charge in [-0.2, -0.15) is 10.2 Å². The predicted octanol–water partition coefficient (Wildman–Crippen LogP) is 1.13. The quantitative estimate of drug-likeness (QED) is 0.830. The van der Waals surface area contributed by atoms with E-state index in [9.17, 15) is 9.59 Å². The van der Waals surface area contributed by atoms with Gasteiger partial charge in [-0.25, -0.2) is 4.79 Å². The number of anilines is 1. The van der Waals surface area contributed by atoms with Gasteiger partial charge in [-0.3, -0.25) is 14.2 Å². The molecule has 0 unspecified atom stereocenters. The molecule has 0 atom stereocenters. The predicted molar refractivity (Wildman–Crippen MR) is 75.1 cm³/mol. The molecular weight excluding hydrogens is 274 g/mol. The first-order chi connectivity index (χ1) is 10.0. The maximum absolute atomic E-state index is 11.9. The van der Waals surface area contributed by atoms with Crippen molar-refractivity contribution in [2.45, 2.75) is 33.4 Å². The van der Waals surface area contributed by atoms with Crippen molar-refractivity contribution in [2.75, 3.05) is 5.32 Å². The molecule has 0 saturated carbocycles. The lowest BCUT2D eigenvalue weighted by Gasteiger charge is -2.05. The second-order valence-corrected chi connectivity index (χ2v) is 4.53. The van der Waals surface area contributed by atoms with Gasteiger partial charge in [0.2, 0.25) is 5.91 Å². The molecule has 0 aromatic carbocycles. The summed E-state index contributed by atoms with van der Waals surface area (Å²) < 4.78 is 3.23. The topological polar surface area (TPSA) is 102 Å². The minimum Gasteiger partial charge on any atom is -0.476 e. The van der Waals surface area contributed by atoms with Gasteiger partial charge < -0.3 is 10.4 Å². The molecule has 2 N–H and O–H groups in total. The minimum atomic E-state index is -1.08. The summed E-state index contributed by atoms with van der Waals surface area (Å²) in [5, 5.41) is 19.5. The molecule has 0 saturated heterocycles. The number of nitrogens with one attached hydrogen (secondary N) is 1. The van der Waals surface area contributed by atoms with E-state index in [1.165, 1.54) is 16.9 Å². The Balaban J connectivity index is 1.89. The van der Waals surface area contributed by atoms with Crippen LogP contribution < -0.4 is 5.32 Å². The molecule has 0 aliphatic carbocycles. The summed E-state index contributed by atoms with van der Waals surface area (Å²) in [6.07, 6.45) is 3.36. The normalized spacial score (nSPS) is 10.6. The van der Waals surface area contributed by atoms with Crippen LogP contribution in [-0.2, 0) is 17.9 Å². The van der Waals surface area contributed by atoms with Crippen molar-refractivity contribution in [1.29, 1.82) is 0 Å². The van der Waals surface area contributed by atoms with E-state index in [1.807, 2.05) is 13.8 Å². The summed E-state index contributed by atoms with van der Waals surface area (Å²) in [5.74, 6) is -1.25. The highest BCUT2D eigenvalue weighted by Gasteiger charge is 2.10. The van der Waals surface area contributed by atoms with Gasteiger partial charge in [0.15, 0.2) is 5.69 Å². The Labute approximate surface area is 121 Å². The van der Waals surface area contributed by atoms with E-state index in [0.717, 1.165) is 12.2 Å².